The van der Waals surface area contributed by atoms with Crippen LogP contribution in [0.25, 0.3) is 0 Å². The van der Waals surface area contributed by atoms with Gasteiger partial charge in [-0.1, -0.05) is 6.07 Å². The lowest BCUT2D eigenvalue weighted by Gasteiger charge is -2.19. The van der Waals surface area contributed by atoms with Crippen molar-refractivity contribution in [1.82, 2.24) is 5.01 Å². The molecule has 2 aromatic carbocycles. The minimum Gasteiger partial charge on any atom is -0.497 e. The van der Waals surface area contributed by atoms with E-state index in [-0.39, 0.29) is 10.5 Å². The van der Waals surface area contributed by atoms with Gasteiger partial charge in [0.1, 0.15) is 17.6 Å². The molecule has 0 aliphatic carbocycles. The van der Waals surface area contributed by atoms with Crippen LogP contribution < -0.4 is 4.74 Å². The Morgan fingerprint density at radius 3 is 2.51 bits per heavy atom. The smallest absolute Gasteiger partial charge is 0.338 e. The van der Waals surface area contributed by atoms with Gasteiger partial charge in [0, 0.05) is 12.7 Å². The molecular formula is C25H24N2O7S. The molecule has 0 N–H and O–H groups in total. The number of esters is 1. The Labute approximate surface area is 202 Å². The third-order valence-electron chi connectivity index (χ3n) is 5.64. The SMILES string of the molecule is COc1ccc(C2=NN(C(=O)COC(=O)c3cc(S(C)(=O)=O)ccc3C)[C@H](c3ccco3)C2)cc1. The molecule has 4 rings (SSSR count). The molecule has 0 saturated heterocycles. The minimum atomic E-state index is -3.51. The van der Waals surface area contributed by atoms with Crippen molar-refractivity contribution in [2.24, 2.45) is 5.10 Å². The van der Waals surface area contributed by atoms with E-state index in [2.05, 4.69) is 5.10 Å². The van der Waals surface area contributed by atoms with Gasteiger partial charge >= 0.3 is 5.97 Å². The molecule has 0 bridgehead atoms. The molecular weight excluding hydrogens is 472 g/mol. The van der Waals surface area contributed by atoms with Crippen LogP contribution >= 0.6 is 0 Å². The number of hydrogen-bond acceptors (Lipinski definition) is 8. The summed E-state index contributed by atoms with van der Waals surface area (Å²) in [6.07, 6.45) is 2.98. The average molecular weight is 497 g/mol. The van der Waals surface area contributed by atoms with E-state index < -0.39 is 34.4 Å². The Hall–Kier alpha value is -3.92. The van der Waals surface area contributed by atoms with Gasteiger partial charge in [-0.2, -0.15) is 5.10 Å². The van der Waals surface area contributed by atoms with Crippen molar-refractivity contribution in [2.45, 2.75) is 24.3 Å². The summed E-state index contributed by atoms with van der Waals surface area (Å²) in [6, 6.07) is 14.5. The number of aryl methyl sites for hydroxylation is 1. The number of sulfone groups is 1. The zero-order chi connectivity index (χ0) is 25.2. The van der Waals surface area contributed by atoms with E-state index in [9.17, 15) is 18.0 Å². The van der Waals surface area contributed by atoms with Crippen LogP contribution in [-0.4, -0.2) is 51.0 Å². The Morgan fingerprint density at radius 1 is 1.14 bits per heavy atom. The Kier molecular flexibility index (Phi) is 6.74. The van der Waals surface area contributed by atoms with E-state index in [1.807, 2.05) is 12.1 Å². The number of benzene rings is 2. The van der Waals surface area contributed by atoms with Gasteiger partial charge in [-0.15, -0.1) is 0 Å². The van der Waals surface area contributed by atoms with Crippen molar-refractivity contribution in [3.63, 3.8) is 0 Å². The zero-order valence-electron chi connectivity index (χ0n) is 19.4. The number of furan rings is 1. The first-order valence-electron chi connectivity index (χ1n) is 10.7. The molecule has 0 spiro atoms. The number of carbonyl (C=O) groups is 2. The van der Waals surface area contributed by atoms with Gasteiger partial charge in [0.15, 0.2) is 16.4 Å². The number of methoxy groups -OCH3 is 1. The zero-order valence-corrected chi connectivity index (χ0v) is 20.2. The van der Waals surface area contributed by atoms with Gasteiger partial charge in [-0.05, 0) is 66.6 Å². The van der Waals surface area contributed by atoms with Crippen molar-refractivity contribution >= 4 is 27.4 Å². The van der Waals surface area contributed by atoms with E-state index in [0.29, 0.717) is 29.2 Å². The maximum absolute atomic E-state index is 13.1. The van der Waals surface area contributed by atoms with Crippen LogP contribution in [0, 0.1) is 6.92 Å². The van der Waals surface area contributed by atoms with Gasteiger partial charge in [-0.3, -0.25) is 4.79 Å². The maximum atomic E-state index is 13.1. The molecule has 182 valence electrons. The quantitative estimate of drug-likeness (QED) is 0.460. The lowest BCUT2D eigenvalue weighted by molar-refractivity contribution is -0.136. The highest BCUT2D eigenvalue weighted by Gasteiger charge is 2.35. The summed E-state index contributed by atoms with van der Waals surface area (Å²) < 4.78 is 39.7. The molecule has 10 heteroatoms. The molecule has 1 atom stereocenters. The normalized spacial score (nSPS) is 15.6. The molecule has 0 fully saturated rings. The van der Waals surface area contributed by atoms with Crippen molar-refractivity contribution < 1.29 is 31.9 Å². The molecule has 1 aliphatic heterocycles. The predicted octanol–water partition coefficient (Wildman–Crippen LogP) is 3.53. The van der Waals surface area contributed by atoms with Crippen LogP contribution in [0.2, 0.25) is 0 Å². The first kappa shape index (κ1) is 24.2. The molecule has 1 aliphatic rings. The van der Waals surface area contributed by atoms with Gasteiger partial charge in [0.05, 0.1) is 29.5 Å². The van der Waals surface area contributed by atoms with E-state index in [1.54, 1.807) is 38.3 Å². The molecule has 9 nitrogen and oxygen atoms in total. The monoisotopic (exact) mass is 496 g/mol. The molecule has 2 heterocycles. The highest BCUT2D eigenvalue weighted by molar-refractivity contribution is 7.90. The van der Waals surface area contributed by atoms with Gasteiger partial charge in [-0.25, -0.2) is 18.2 Å². The first-order chi connectivity index (χ1) is 16.7. The maximum Gasteiger partial charge on any atom is 0.338 e. The van der Waals surface area contributed by atoms with E-state index in [0.717, 1.165) is 11.8 Å². The number of nitrogens with zero attached hydrogens (tertiary/aromatic N) is 2. The average Bonchev–Trinajstić information content (AvgIpc) is 3.52. The highest BCUT2D eigenvalue weighted by Crippen LogP contribution is 2.33. The second kappa shape index (κ2) is 9.75. The predicted molar refractivity (Wildman–Crippen MR) is 127 cm³/mol. The third kappa shape index (κ3) is 5.27. The molecule has 35 heavy (non-hydrogen) atoms. The fourth-order valence-corrected chi connectivity index (χ4v) is 4.37. The van der Waals surface area contributed by atoms with E-state index in [4.69, 9.17) is 13.9 Å². The minimum absolute atomic E-state index is 0.00691. The summed E-state index contributed by atoms with van der Waals surface area (Å²) in [7, 11) is -1.93. The van der Waals surface area contributed by atoms with Gasteiger partial charge in [0.25, 0.3) is 5.91 Å². The van der Waals surface area contributed by atoms with E-state index >= 15 is 0 Å². The third-order valence-corrected chi connectivity index (χ3v) is 6.75. The topological polar surface area (TPSA) is 115 Å². The summed E-state index contributed by atoms with van der Waals surface area (Å²) in [6.45, 7) is 1.08. The highest BCUT2D eigenvalue weighted by atomic mass is 32.2. The van der Waals surface area contributed by atoms with Crippen LogP contribution in [0.3, 0.4) is 0 Å². The number of carbonyl (C=O) groups excluding carboxylic acids is 2. The summed E-state index contributed by atoms with van der Waals surface area (Å²) in [5.41, 5.74) is 2.10. The molecule has 0 radical (unpaired) electrons. The summed E-state index contributed by atoms with van der Waals surface area (Å²) in [5.74, 6) is -0.0896. The summed E-state index contributed by atoms with van der Waals surface area (Å²) in [5, 5.41) is 5.75. The standard InChI is InChI=1S/C25H24N2O7S/c1-16-6-11-19(35(3,30)31)13-20(16)25(29)34-15-24(28)27-22(23-5-4-12-33-23)14-21(26-27)17-7-9-18(32-2)10-8-17/h4-13,22H,14-15H2,1-3H3/t22-/m0/s1. The van der Waals surface area contributed by atoms with Crippen LogP contribution in [0.5, 0.6) is 5.75 Å². The van der Waals surface area contributed by atoms with E-state index in [1.165, 1.54) is 29.5 Å². The molecule has 1 amide bonds. The molecule has 0 unspecified atom stereocenters. The van der Waals surface area contributed by atoms with Crippen molar-refractivity contribution in [3.8, 4) is 5.75 Å². The fraction of sp³-hybridized carbons (Fsp3) is 0.240. The largest absolute Gasteiger partial charge is 0.497 e. The van der Waals surface area contributed by atoms with Crippen LogP contribution in [0.4, 0.5) is 0 Å². The number of amides is 1. The first-order valence-corrected chi connectivity index (χ1v) is 12.6. The van der Waals surface area contributed by atoms with Crippen molar-refractivity contribution in [2.75, 3.05) is 20.0 Å². The summed E-state index contributed by atoms with van der Waals surface area (Å²) in [4.78, 5) is 25.7. The van der Waals surface area contributed by atoms with Crippen LogP contribution in [0.15, 0.2) is 75.3 Å². The van der Waals surface area contributed by atoms with Crippen molar-refractivity contribution in [1.29, 1.82) is 0 Å². The molecule has 1 aromatic heterocycles. The second-order valence-corrected chi connectivity index (χ2v) is 10.1. The Morgan fingerprint density at radius 2 is 1.89 bits per heavy atom. The van der Waals surface area contributed by atoms with Crippen molar-refractivity contribution in [3.05, 3.63) is 83.3 Å². The van der Waals surface area contributed by atoms with Gasteiger partial charge < -0.3 is 13.9 Å². The number of rotatable bonds is 7. The second-order valence-electron chi connectivity index (χ2n) is 8.07. The number of hydrogen-bond donors (Lipinski definition) is 0. The fourth-order valence-electron chi connectivity index (χ4n) is 3.72. The Bertz CT molecular complexity index is 1380. The summed E-state index contributed by atoms with van der Waals surface area (Å²) >= 11 is 0. The molecule has 3 aromatic rings. The van der Waals surface area contributed by atoms with Crippen LogP contribution in [-0.2, 0) is 19.4 Å². The Balaban J connectivity index is 1.53. The number of ether oxygens (including phenoxy) is 2. The van der Waals surface area contributed by atoms with Gasteiger partial charge in [0.2, 0.25) is 0 Å². The van der Waals surface area contributed by atoms with Crippen LogP contribution in [0.1, 0.15) is 39.7 Å². The number of hydrazone groups is 1. The molecule has 0 saturated carbocycles. The lowest BCUT2D eigenvalue weighted by atomic mass is 10.0. The lowest BCUT2D eigenvalue weighted by Crippen LogP contribution is -2.31.